The number of anilines is 1. The number of rotatable bonds is 4. The standard InChI is InChI=1S/C18H23NO3/c1-13-14(11-12-17(20)22-2)9-6-10-16(13)19-18(21)15-7-4-3-5-8-15/h6,9-12,15H,3-5,7-8H2,1-2H3,(H,19,21)/b12-11+. The first kappa shape index (κ1) is 16.3. The molecule has 0 spiro atoms. The first-order valence-corrected chi connectivity index (χ1v) is 7.78. The van der Waals surface area contributed by atoms with Gasteiger partial charge in [0.1, 0.15) is 0 Å². The SMILES string of the molecule is COC(=O)/C=C/c1cccc(NC(=O)C2CCCCC2)c1C. The summed E-state index contributed by atoms with van der Waals surface area (Å²) in [5.41, 5.74) is 2.65. The van der Waals surface area contributed by atoms with Crippen molar-refractivity contribution in [2.45, 2.75) is 39.0 Å². The Morgan fingerprint density at radius 3 is 2.64 bits per heavy atom. The number of benzene rings is 1. The Kier molecular flexibility index (Phi) is 5.75. The van der Waals surface area contributed by atoms with Gasteiger partial charge >= 0.3 is 5.97 Å². The van der Waals surface area contributed by atoms with Gasteiger partial charge in [-0.2, -0.15) is 0 Å². The Morgan fingerprint density at radius 1 is 1.23 bits per heavy atom. The summed E-state index contributed by atoms with van der Waals surface area (Å²) in [5.74, 6) is -0.157. The van der Waals surface area contributed by atoms with Gasteiger partial charge in [-0.25, -0.2) is 4.79 Å². The second kappa shape index (κ2) is 7.78. The van der Waals surface area contributed by atoms with Gasteiger partial charge in [-0.3, -0.25) is 4.79 Å². The zero-order chi connectivity index (χ0) is 15.9. The molecule has 0 saturated heterocycles. The van der Waals surface area contributed by atoms with Crippen LogP contribution < -0.4 is 5.32 Å². The molecule has 1 N–H and O–H groups in total. The maximum atomic E-state index is 12.3. The third-order valence-corrected chi connectivity index (χ3v) is 4.21. The Hall–Kier alpha value is -2.10. The van der Waals surface area contributed by atoms with Crippen LogP contribution in [0.5, 0.6) is 0 Å². The van der Waals surface area contributed by atoms with E-state index in [2.05, 4.69) is 10.1 Å². The number of nitrogens with one attached hydrogen (secondary N) is 1. The van der Waals surface area contributed by atoms with E-state index in [0.29, 0.717) is 0 Å². The van der Waals surface area contributed by atoms with Crippen LogP contribution in [-0.2, 0) is 14.3 Å². The van der Waals surface area contributed by atoms with E-state index in [9.17, 15) is 9.59 Å². The van der Waals surface area contributed by atoms with Gasteiger partial charge in [0.2, 0.25) is 5.91 Å². The highest BCUT2D eigenvalue weighted by atomic mass is 16.5. The van der Waals surface area contributed by atoms with Gasteiger partial charge in [-0.15, -0.1) is 0 Å². The lowest BCUT2D eigenvalue weighted by Crippen LogP contribution is -2.25. The van der Waals surface area contributed by atoms with Crippen LogP contribution in [-0.4, -0.2) is 19.0 Å². The fraction of sp³-hybridized carbons (Fsp3) is 0.444. The molecule has 0 unspecified atom stereocenters. The average molecular weight is 301 g/mol. The summed E-state index contributed by atoms with van der Waals surface area (Å²) >= 11 is 0. The number of ether oxygens (including phenoxy) is 1. The third kappa shape index (κ3) is 4.20. The van der Waals surface area contributed by atoms with E-state index in [-0.39, 0.29) is 11.8 Å². The Labute approximate surface area is 131 Å². The minimum absolute atomic E-state index is 0.108. The monoisotopic (exact) mass is 301 g/mol. The zero-order valence-corrected chi connectivity index (χ0v) is 13.2. The summed E-state index contributed by atoms with van der Waals surface area (Å²) in [6.07, 6.45) is 8.56. The molecule has 0 atom stereocenters. The highest BCUT2D eigenvalue weighted by Gasteiger charge is 2.21. The van der Waals surface area contributed by atoms with E-state index < -0.39 is 5.97 Å². The number of methoxy groups -OCH3 is 1. The van der Waals surface area contributed by atoms with Gasteiger partial charge in [-0.1, -0.05) is 31.4 Å². The van der Waals surface area contributed by atoms with Crippen molar-refractivity contribution in [3.05, 3.63) is 35.4 Å². The number of esters is 1. The van der Waals surface area contributed by atoms with Crippen molar-refractivity contribution in [2.24, 2.45) is 5.92 Å². The van der Waals surface area contributed by atoms with E-state index in [4.69, 9.17) is 0 Å². The Morgan fingerprint density at radius 2 is 1.95 bits per heavy atom. The van der Waals surface area contributed by atoms with Gasteiger partial charge in [-0.05, 0) is 43.0 Å². The van der Waals surface area contributed by atoms with Crippen molar-refractivity contribution in [3.8, 4) is 0 Å². The van der Waals surface area contributed by atoms with E-state index >= 15 is 0 Å². The molecule has 1 fully saturated rings. The van der Waals surface area contributed by atoms with Crippen LogP contribution in [0.25, 0.3) is 6.08 Å². The van der Waals surface area contributed by atoms with Crippen LogP contribution >= 0.6 is 0 Å². The maximum absolute atomic E-state index is 12.3. The predicted octanol–water partition coefficient (Wildman–Crippen LogP) is 3.70. The van der Waals surface area contributed by atoms with Crippen molar-refractivity contribution >= 4 is 23.6 Å². The lowest BCUT2D eigenvalue weighted by Gasteiger charge is -2.21. The van der Waals surface area contributed by atoms with Crippen molar-refractivity contribution in [3.63, 3.8) is 0 Å². The molecule has 0 heterocycles. The summed E-state index contributed by atoms with van der Waals surface area (Å²) in [7, 11) is 1.35. The first-order valence-electron chi connectivity index (χ1n) is 7.78. The number of amides is 1. The molecule has 0 aliphatic heterocycles. The van der Waals surface area contributed by atoms with Crippen LogP contribution in [0.3, 0.4) is 0 Å². The van der Waals surface area contributed by atoms with Crippen molar-refractivity contribution in [1.82, 2.24) is 0 Å². The van der Waals surface area contributed by atoms with E-state index in [0.717, 1.165) is 42.5 Å². The predicted molar refractivity (Wildman–Crippen MR) is 87.4 cm³/mol. The quantitative estimate of drug-likeness (QED) is 0.681. The van der Waals surface area contributed by atoms with Gasteiger partial charge in [0.05, 0.1) is 7.11 Å². The number of hydrogen-bond acceptors (Lipinski definition) is 3. The molecule has 1 saturated carbocycles. The fourth-order valence-corrected chi connectivity index (χ4v) is 2.79. The largest absolute Gasteiger partial charge is 0.466 e. The Bertz CT molecular complexity index is 572. The lowest BCUT2D eigenvalue weighted by molar-refractivity contribution is -0.134. The van der Waals surface area contributed by atoms with E-state index in [1.165, 1.54) is 19.6 Å². The third-order valence-electron chi connectivity index (χ3n) is 4.21. The maximum Gasteiger partial charge on any atom is 0.330 e. The van der Waals surface area contributed by atoms with Gasteiger partial charge in [0.15, 0.2) is 0 Å². The molecule has 4 heteroatoms. The highest BCUT2D eigenvalue weighted by molar-refractivity contribution is 5.94. The van der Waals surface area contributed by atoms with Crippen molar-refractivity contribution in [1.29, 1.82) is 0 Å². The molecule has 118 valence electrons. The second-order valence-corrected chi connectivity index (χ2v) is 5.70. The molecule has 0 aromatic heterocycles. The van der Waals surface area contributed by atoms with Crippen LogP contribution in [0.4, 0.5) is 5.69 Å². The van der Waals surface area contributed by atoms with Crippen LogP contribution in [0, 0.1) is 12.8 Å². The summed E-state index contributed by atoms with van der Waals surface area (Å²) in [6.45, 7) is 1.94. The number of carbonyl (C=O) groups excluding carboxylic acids is 2. The van der Waals surface area contributed by atoms with Crippen LogP contribution in [0.15, 0.2) is 24.3 Å². The summed E-state index contributed by atoms with van der Waals surface area (Å²) in [5, 5.41) is 3.03. The molecule has 1 amide bonds. The smallest absolute Gasteiger partial charge is 0.330 e. The molecule has 1 aliphatic carbocycles. The zero-order valence-electron chi connectivity index (χ0n) is 13.2. The summed E-state index contributed by atoms with van der Waals surface area (Å²) < 4.78 is 4.59. The van der Waals surface area contributed by atoms with E-state index in [1.54, 1.807) is 6.08 Å². The van der Waals surface area contributed by atoms with Crippen molar-refractivity contribution < 1.29 is 14.3 Å². The molecule has 4 nitrogen and oxygen atoms in total. The second-order valence-electron chi connectivity index (χ2n) is 5.70. The topological polar surface area (TPSA) is 55.4 Å². The van der Waals surface area contributed by atoms with Crippen LogP contribution in [0.2, 0.25) is 0 Å². The summed E-state index contributed by atoms with van der Waals surface area (Å²) in [4.78, 5) is 23.5. The van der Waals surface area contributed by atoms with Crippen LogP contribution in [0.1, 0.15) is 43.2 Å². The first-order chi connectivity index (χ1) is 10.6. The fourth-order valence-electron chi connectivity index (χ4n) is 2.79. The highest BCUT2D eigenvalue weighted by Crippen LogP contribution is 2.26. The molecule has 1 aromatic rings. The molecule has 2 rings (SSSR count). The molecule has 0 bridgehead atoms. The Balaban J connectivity index is 2.09. The molecular weight excluding hydrogens is 278 g/mol. The molecule has 1 aromatic carbocycles. The molecule has 22 heavy (non-hydrogen) atoms. The normalized spacial score (nSPS) is 15.7. The van der Waals surface area contributed by atoms with Gasteiger partial charge in [0.25, 0.3) is 0 Å². The lowest BCUT2D eigenvalue weighted by atomic mass is 9.88. The molecule has 0 radical (unpaired) electrons. The minimum atomic E-state index is -0.393. The average Bonchev–Trinajstić information content (AvgIpc) is 2.56. The minimum Gasteiger partial charge on any atom is -0.466 e. The number of hydrogen-bond donors (Lipinski definition) is 1. The van der Waals surface area contributed by atoms with Crippen molar-refractivity contribution in [2.75, 3.05) is 12.4 Å². The summed E-state index contributed by atoms with van der Waals surface area (Å²) in [6, 6.07) is 5.68. The van der Waals surface area contributed by atoms with Gasteiger partial charge < -0.3 is 10.1 Å². The van der Waals surface area contributed by atoms with E-state index in [1.807, 2.05) is 25.1 Å². The van der Waals surface area contributed by atoms with Gasteiger partial charge in [0, 0.05) is 17.7 Å². The number of carbonyl (C=O) groups is 2. The molecular formula is C18H23NO3. The molecule has 1 aliphatic rings.